The molecule has 11 nitrogen and oxygen atoms in total. The molecule has 1 saturated heterocycles. The number of nitriles is 1. The third-order valence-corrected chi connectivity index (χ3v) is 7.81. The molecule has 2 aliphatic heterocycles. The lowest BCUT2D eigenvalue weighted by Crippen LogP contribution is -2.61. The first-order valence-corrected chi connectivity index (χ1v) is 13.6. The van der Waals surface area contributed by atoms with Crippen molar-refractivity contribution in [3.8, 4) is 11.9 Å². The molecule has 0 bridgehead atoms. The molecule has 226 valence electrons. The van der Waals surface area contributed by atoms with E-state index >= 15 is 0 Å². The van der Waals surface area contributed by atoms with Crippen LogP contribution in [0, 0.1) is 11.3 Å². The van der Waals surface area contributed by atoms with E-state index in [0.717, 1.165) is 17.0 Å². The number of halogens is 3. The maximum atomic E-state index is 13.7. The Balaban J connectivity index is 1.66. The minimum atomic E-state index is -4.64. The molecule has 0 unspecified atom stereocenters. The number of fused-ring (bicyclic) bond motifs is 1. The van der Waals surface area contributed by atoms with Gasteiger partial charge in [-0.05, 0) is 42.7 Å². The number of ether oxygens (including phenoxy) is 2. The SMILES string of the molecule is CC[C@]1(N)C[C@H](c2ncc(N3CCOCC3)c(Cc3cc(C#N)cc(C(F)(F)F)c3)n2)c2nc(OC)ccc2N1C(=O)O. The molecule has 0 aliphatic carbocycles. The molecule has 2 aliphatic rings. The zero-order chi connectivity index (χ0) is 30.9. The zero-order valence-electron chi connectivity index (χ0n) is 23.6. The molecule has 3 N–H and O–H groups in total. The maximum Gasteiger partial charge on any atom is 0.416 e. The van der Waals surface area contributed by atoms with Crippen LogP contribution in [0.5, 0.6) is 5.88 Å². The van der Waals surface area contributed by atoms with Gasteiger partial charge in [-0.3, -0.25) is 4.90 Å². The number of carbonyl (C=O) groups is 1. The lowest BCUT2D eigenvalue weighted by atomic mass is 9.83. The van der Waals surface area contributed by atoms with E-state index in [-0.39, 0.29) is 47.8 Å². The van der Waals surface area contributed by atoms with Gasteiger partial charge in [-0.1, -0.05) is 6.92 Å². The van der Waals surface area contributed by atoms with E-state index in [0.29, 0.717) is 43.4 Å². The van der Waals surface area contributed by atoms with Crippen LogP contribution < -0.4 is 20.3 Å². The van der Waals surface area contributed by atoms with Gasteiger partial charge in [-0.25, -0.2) is 19.7 Å². The Kier molecular flexibility index (Phi) is 8.13. The fraction of sp³-hybridized carbons (Fsp3) is 0.414. The predicted molar refractivity (Wildman–Crippen MR) is 149 cm³/mol. The summed E-state index contributed by atoms with van der Waals surface area (Å²) in [6.07, 6.45) is -3.90. The molecule has 0 radical (unpaired) electrons. The van der Waals surface area contributed by atoms with Gasteiger partial charge >= 0.3 is 12.3 Å². The van der Waals surface area contributed by atoms with Gasteiger partial charge in [0.1, 0.15) is 11.5 Å². The van der Waals surface area contributed by atoms with Gasteiger partial charge in [0.05, 0.1) is 72.4 Å². The Hall–Kier alpha value is -4.48. The summed E-state index contributed by atoms with van der Waals surface area (Å²) in [4.78, 5) is 29.6. The van der Waals surface area contributed by atoms with E-state index in [1.807, 2.05) is 11.0 Å². The Morgan fingerprint density at radius 3 is 2.60 bits per heavy atom. The minimum Gasteiger partial charge on any atom is -0.481 e. The Labute approximate surface area is 245 Å². The molecule has 43 heavy (non-hydrogen) atoms. The Morgan fingerprint density at radius 2 is 1.98 bits per heavy atom. The second-order valence-electron chi connectivity index (χ2n) is 10.5. The fourth-order valence-electron chi connectivity index (χ4n) is 5.61. The van der Waals surface area contributed by atoms with Gasteiger partial charge < -0.3 is 25.2 Å². The number of amides is 1. The number of hydrogen-bond donors (Lipinski definition) is 2. The Morgan fingerprint density at radius 1 is 1.23 bits per heavy atom. The van der Waals surface area contributed by atoms with Crippen LogP contribution in [0.4, 0.5) is 29.3 Å². The highest BCUT2D eigenvalue weighted by atomic mass is 19.4. The van der Waals surface area contributed by atoms with Crippen LogP contribution in [0.25, 0.3) is 0 Å². The smallest absolute Gasteiger partial charge is 0.416 e. The van der Waals surface area contributed by atoms with Gasteiger partial charge in [0.2, 0.25) is 5.88 Å². The number of rotatable bonds is 6. The number of methoxy groups -OCH3 is 1. The number of nitrogens with zero attached hydrogens (tertiary/aromatic N) is 6. The van der Waals surface area contributed by atoms with Crippen molar-refractivity contribution in [2.75, 3.05) is 43.2 Å². The number of hydrogen-bond acceptors (Lipinski definition) is 9. The molecule has 1 fully saturated rings. The van der Waals surface area contributed by atoms with Gasteiger partial charge in [0.25, 0.3) is 0 Å². The van der Waals surface area contributed by atoms with Crippen LogP contribution in [-0.4, -0.2) is 65.2 Å². The molecule has 5 rings (SSSR count). The van der Waals surface area contributed by atoms with E-state index in [2.05, 4.69) is 9.97 Å². The standard InChI is InChI=1S/C29H30F3N7O4/c1-3-28(34)14-20(25-22(39(28)27(40)41)4-5-24(37-25)42-2)26-35-16-23(38-6-8-43-9-7-38)21(36-26)13-17-10-18(15-33)12-19(11-17)29(30,31)32/h4-5,10-12,16,20H,3,6-9,13-14,34H2,1-2H3,(H,40,41)/t20-,28+/m0/s1. The highest BCUT2D eigenvalue weighted by molar-refractivity contribution is 5.89. The van der Waals surface area contributed by atoms with Crippen molar-refractivity contribution in [1.82, 2.24) is 15.0 Å². The van der Waals surface area contributed by atoms with Crippen LogP contribution in [-0.2, 0) is 17.3 Å². The van der Waals surface area contributed by atoms with Gasteiger partial charge in [0.15, 0.2) is 0 Å². The van der Waals surface area contributed by atoms with E-state index in [9.17, 15) is 28.3 Å². The fourth-order valence-corrected chi connectivity index (χ4v) is 5.61. The third-order valence-electron chi connectivity index (χ3n) is 7.81. The first kappa shape index (κ1) is 30.0. The number of alkyl halides is 3. The van der Waals surface area contributed by atoms with Crippen LogP contribution in [0.15, 0.2) is 36.5 Å². The summed E-state index contributed by atoms with van der Waals surface area (Å²) in [6, 6.07) is 8.17. The van der Waals surface area contributed by atoms with Crippen molar-refractivity contribution in [1.29, 1.82) is 5.26 Å². The van der Waals surface area contributed by atoms with Gasteiger partial charge in [0, 0.05) is 25.6 Å². The second-order valence-corrected chi connectivity index (χ2v) is 10.5. The van der Waals surface area contributed by atoms with E-state index in [1.54, 1.807) is 25.3 Å². The summed E-state index contributed by atoms with van der Waals surface area (Å²) in [5.41, 5.74) is 6.28. The molecule has 3 aromatic rings. The topological polar surface area (TPSA) is 151 Å². The second kappa shape index (κ2) is 11.7. The molecule has 1 aromatic carbocycles. The molecule has 4 heterocycles. The quantitative estimate of drug-likeness (QED) is 0.421. The Bertz CT molecular complexity index is 1570. The minimum absolute atomic E-state index is 0.0191. The first-order chi connectivity index (χ1) is 20.5. The number of benzene rings is 1. The average molecular weight is 598 g/mol. The normalized spacial score (nSPS) is 20.3. The van der Waals surface area contributed by atoms with Crippen molar-refractivity contribution in [2.24, 2.45) is 5.73 Å². The number of pyridine rings is 1. The van der Waals surface area contributed by atoms with E-state index < -0.39 is 29.4 Å². The van der Waals surface area contributed by atoms with Crippen molar-refractivity contribution >= 4 is 17.5 Å². The summed E-state index contributed by atoms with van der Waals surface area (Å²) in [7, 11) is 1.44. The number of morpholine rings is 1. The van der Waals surface area contributed by atoms with Gasteiger partial charge in [-0.2, -0.15) is 18.4 Å². The van der Waals surface area contributed by atoms with Crippen molar-refractivity contribution in [2.45, 2.75) is 43.9 Å². The lowest BCUT2D eigenvalue weighted by molar-refractivity contribution is -0.137. The molecule has 1 amide bonds. The molecular formula is C29H30F3N7O4. The summed E-state index contributed by atoms with van der Waals surface area (Å²) in [5.74, 6) is -0.109. The van der Waals surface area contributed by atoms with Crippen LogP contribution >= 0.6 is 0 Å². The number of aromatic nitrogens is 3. The highest BCUT2D eigenvalue weighted by Crippen LogP contribution is 2.45. The summed E-state index contributed by atoms with van der Waals surface area (Å²) >= 11 is 0. The number of nitrogens with two attached hydrogens (primary N) is 1. The maximum absolute atomic E-state index is 13.7. The van der Waals surface area contributed by atoms with E-state index in [4.69, 9.17) is 20.2 Å². The van der Waals surface area contributed by atoms with Crippen LogP contribution in [0.1, 0.15) is 59.6 Å². The molecule has 14 heteroatoms. The monoisotopic (exact) mass is 597 g/mol. The molecular weight excluding hydrogens is 567 g/mol. The number of anilines is 2. The summed E-state index contributed by atoms with van der Waals surface area (Å²) < 4.78 is 51.8. The average Bonchev–Trinajstić information content (AvgIpc) is 3.00. The predicted octanol–water partition coefficient (Wildman–Crippen LogP) is 4.28. The number of carboxylic acid groups (broad SMARTS) is 1. The first-order valence-electron chi connectivity index (χ1n) is 13.6. The highest BCUT2D eigenvalue weighted by Gasteiger charge is 2.46. The molecule has 2 aromatic heterocycles. The van der Waals surface area contributed by atoms with Crippen LogP contribution in [0.2, 0.25) is 0 Å². The van der Waals surface area contributed by atoms with Crippen LogP contribution in [0.3, 0.4) is 0 Å². The largest absolute Gasteiger partial charge is 0.481 e. The summed E-state index contributed by atoms with van der Waals surface area (Å²) in [5, 5.41) is 19.5. The zero-order valence-corrected chi connectivity index (χ0v) is 23.6. The third kappa shape index (κ3) is 5.91. The summed E-state index contributed by atoms with van der Waals surface area (Å²) in [6.45, 7) is 3.76. The van der Waals surface area contributed by atoms with Crippen molar-refractivity contribution in [3.05, 3.63) is 70.4 Å². The lowest BCUT2D eigenvalue weighted by Gasteiger charge is -2.45. The molecule has 2 atom stereocenters. The molecule has 0 spiro atoms. The van der Waals surface area contributed by atoms with Crippen molar-refractivity contribution in [3.63, 3.8) is 0 Å². The van der Waals surface area contributed by atoms with E-state index in [1.165, 1.54) is 13.2 Å². The molecule has 0 saturated carbocycles. The van der Waals surface area contributed by atoms with Gasteiger partial charge in [-0.15, -0.1) is 0 Å². The van der Waals surface area contributed by atoms with Crippen molar-refractivity contribution < 1.29 is 32.5 Å².